The molecule has 0 aliphatic heterocycles. The first-order chi connectivity index (χ1) is 15.7. The van der Waals surface area contributed by atoms with E-state index in [4.69, 9.17) is 16.0 Å². The minimum atomic E-state index is -0.128. The third-order valence-corrected chi connectivity index (χ3v) is 6.04. The van der Waals surface area contributed by atoms with Gasteiger partial charge in [-0.25, -0.2) is 0 Å². The van der Waals surface area contributed by atoms with Crippen LogP contribution in [0.25, 0.3) is 28.0 Å². The number of anilines is 1. The molecular weight excluding hydrogens is 444 g/mol. The van der Waals surface area contributed by atoms with Gasteiger partial charge in [0.1, 0.15) is 0 Å². The maximum Gasteiger partial charge on any atom is 0.234 e. The van der Waals surface area contributed by atoms with Crippen LogP contribution in [-0.2, 0) is 4.79 Å². The molecule has 2 aromatic heterocycles. The molecule has 0 unspecified atom stereocenters. The number of amides is 1. The molecule has 1 N–H and O–H groups in total. The highest BCUT2D eigenvalue weighted by Crippen LogP contribution is 2.29. The Bertz CT molecular complexity index is 1380. The predicted molar refractivity (Wildman–Crippen MR) is 127 cm³/mol. The van der Waals surface area contributed by atoms with E-state index < -0.39 is 0 Å². The average Bonchev–Trinajstić information content (AvgIpc) is 3.48. The highest BCUT2D eigenvalue weighted by Gasteiger charge is 2.19. The molecule has 0 saturated carbocycles. The highest BCUT2D eigenvalue weighted by molar-refractivity contribution is 7.99. The number of thioether (sulfide) groups is 1. The summed E-state index contributed by atoms with van der Waals surface area (Å²) in [7, 11) is 0. The quantitative estimate of drug-likeness (QED) is 0.311. The molecule has 0 saturated heterocycles. The Morgan fingerprint density at radius 1 is 0.969 bits per heavy atom. The lowest BCUT2D eigenvalue weighted by atomic mass is 10.1. The largest absolute Gasteiger partial charge is 0.461 e. The summed E-state index contributed by atoms with van der Waals surface area (Å²) in [6.45, 7) is 0. The lowest BCUT2D eigenvalue weighted by Crippen LogP contribution is -2.14. The summed E-state index contributed by atoms with van der Waals surface area (Å²) in [6, 6.07) is 24.7. The lowest BCUT2D eigenvalue weighted by Gasteiger charge is -2.10. The van der Waals surface area contributed by atoms with Crippen LogP contribution >= 0.6 is 23.4 Å². The van der Waals surface area contributed by atoms with E-state index >= 15 is 0 Å². The number of nitrogens with one attached hydrogen (secondary N) is 1. The minimum absolute atomic E-state index is 0.128. The molecule has 0 spiro atoms. The zero-order valence-corrected chi connectivity index (χ0v) is 18.3. The lowest BCUT2D eigenvalue weighted by molar-refractivity contribution is -0.113. The van der Waals surface area contributed by atoms with E-state index in [1.165, 1.54) is 11.8 Å². The van der Waals surface area contributed by atoms with Crippen LogP contribution in [0.15, 0.2) is 94.7 Å². The van der Waals surface area contributed by atoms with E-state index in [-0.39, 0.29) is 11.7 Å². The van der Waals surface area contributed by atoms with Gasteiger partial charge in [-0.3, -0.25) is 9.36 Å². The van der Waals surface area contributed by atoms with Crippen LogP contribution in [0.2, 0.25) is 5.02 Å². The Morgan fingerprint density at radius 3 is 2.59 bits per heavy atom. The van der Waals surface area contributed by atoms with Gasteiger partial charge in [-0.05, 0) is 47.9 Å². The van der Waals surface area contributed by atoms with Gasteiger partial charge in [0.05, 0.1) is 12.0 Å². The molecule has 5 rings (SSSR count). The number of hydrogen-bond donors (Lipinski definition) is 1. The molecule has 0 atom stereocenters. The highest BCUT2D eigenvalue weighted by atomic mass is 35.5. The number of nitrogens with zero attached hydrogens (tertiary/aromatic N) is 3. The fourth-order valence-corrected chi connectivity index (χ4v) is 4.28. The summed E-state index contributed by atoms with van der Waals surface area (Å²) in [5.74, 6) is 1.18. The van der Waals surface area contributed by atoms with Crippen molar-refractivity contribution in [1.82, 2.24) is 14.8 Å². The van der Waals surface area contributed by atoms with E-state index in [2.05, 4.69) is 15.5 Å². The fraction of sp³-hybridized carbons (Fsp3) is 0.0417. The third kappa shape index (κ3) is 4.12. The molecule has 8 heteroatoms. The SMILES string of the molecule is O=C(CSc1nnc(-c2ccco2)n1-c1ccc(Cl)cc1)Nc1cccc2ccccc12. The van der Waals surface area contributed by atoms with Crippen molar-refractivity contribution in [3.63, 3.8) is 0 Å². The molecule has 3 aromatic carbocycles. The van der Waals surface area contributed by atoms with Gasteiger partial charge in [-0.1, -0.05) is 59.8 Å². The number of hydrogen-bond acceptors (Lipinski definition) is 5. The van der Waals surface area contributed by atoms with Crippen LogP contribution in [0.5, 0.6) is 0 Å². The van der Waals surface area contributed by atoms with Gasteiger partial charge in [0.25, 0.3) is 0 Å². The minimum Gasteiger partial charge on any atom is -0.461 e. The van der Waals surface area contributed by atoms with Crippen molar-refractivity contribution < 1.29 is 9.21 Å². The fourth-order valence-electron chi connectivity index (χ4n) is 3.40. The molecule has 32 heavy (non-hydrogen) atoms. The number of fused-ring (bicyclic) bond motifs is 1. The summed E-state index contributed by atoms with van der Waals surface area (Å²) in [5.41, 5.74) is 1.60. The second kappa shape index (κ2) is 8.90. The molecule has 0 aliphatic rings. The van der Waals surface area contributed by atoms with E-state index in [9.17, 15) is 4.79 Å². The molecule has 5 aromatic rings. The Hall–Kier alpha value is -3.55. The van der Waals surface area contributed by atoms with Gasteiger partial charge in [-0.15, -0.1) is 10.2 Å². The van der Waals surface area contributed by atoms with Crippen molar-refractivity contribution in [3.8, 4) is 17.3 Å². The van der Waals surface area contributed by atoms with Gasteiger partial charge < -0.3 is 9.73 Å². The molecule has 158 valence electrons. The maximum absolute atomic E-state index is 12.7. The number of halogens is 1. The molecule has 0 bridgehead atoms. The zero-order valence-electron chi connectivity index (χ0n) is 16.7. The zero-order chi connectivity index (χ0) is 21.9. The Morgan fingerprint density at radius 2 is 1.78 bits per heavy atom. The number of aromatic nitrogens is 3. The summed E-state index contributed by atoms with van der Waals surface area (Å²) in [4.78, 5) is 12.7. The second-order valence-electron chi connectivity index (χ2n) is 6.96. The number of furan rings is 1. The van der Waals surface area contributed by atoms with Crippen LogP contribution in [0.4, 0.5) is 5.69 Å². The number of carbonyl (C=O) groups excluding carboxylic acids is 1. The van der Waals surface area contributed by atoms with E-state index in [1.807, 2.05) is 65.2 Å². The summed E-state index contributed by atoms with van der Waals surface area (Å²) in [6.07, 6.45) is 1.58. The molecule has 0 radical (unpaired) electrons. The van der Waals surface area contributed by atoms with Crippen LogP contribution in [0.1, 0.15) is 0 Å². The van der Waals surface area contributed by atoms with E-state index in [0.717, 1.165) is 22.1 Å². The molecule has 1 amide bonds. The van der Waals surface area contributed by atoms with Gasteiger partial charge in [0.2, 0.25) is 11.7 Å². The monoisotopic (exact) mass is 460 g/mol. The standard InChI is InChI=1S/C24H17ClN4O2S/c25-17-10-12-18(13-11-17)29-23(21-9-4-14-31-21)27-28-24(29)32-15-22(30)26-20-8-3-6-16-5-1-2-7-19(16)20/h1-14H,15H2,(H,26,30). The number of benzene rings is 3. The van der Waals surface area contributed by atoms with Crippen molar-refractivity contribution in [1.29, 1.82) is 0 Å². The topological polar surface area (TPSA) is 73.0 Å². The first kappa shape index (κ1) is 20.4. The Balaban J connectivity index is 1.39. The molecule has 2 heterocycles. The van der Waals surface area contributed by atoms with Gasteiger partial charge in [-0.2, -0.15) is 0 Å². The summed E-state index contributed by atoms with van der Waals surface area (Å²) >= 11 is 7.36. The van der Waals surface area contributed by atoms with Crippen LogP contribution in [0, 0.1) is 0 Å². The molecular formula is C24H17ClN4O2S. The number of rotatable bonds is 6. The van der Waals surface area contributed by atoms with Crippen LogP contribution in [-0.4, -0.2) is 26.4 Å². The van der Waals surface area contributed by atoms with Crippen molar-refractivity contribution in [2.24, 2.45) is 0 Å². The Kier molecular flexibility index (Phi) is 5.66. The average molecular weight is 461 g/mol. The van der Waals surface area contributed by atoms with Gasteiger partial charge in [0, 0.05) is 21.8 Å². The Labute approximate surface area is 193 Å². The van der Waals surface area contributed by atoms with Crippen molar-refractivity contribution in [2.75, 3.05) is 11.1 Å². The number of carbonyl (C=O) groups is 1. The van der Waals surface area contributed by atoms with Gasteiger partial charge in [0.15, 0.2) is 10.9 Å². The van der Waals surface area contributed by atoms with Crippen LogP contribution in [0.3, 0.4) is 0 Å². The molecule has 0 fully saturated rings. The van der Waals surface area contributed by atoms with E-state index in [1.54, 1.807) is 24.5 Å². The smallest absolute Gasteiger partial charge is 0.234 e. The first-order valence-electron chi connectivity index (χ1n) is 9.85. The van der Waals surface area contributed by atoms with Crippen molar-refractivity contribution in [2.45, 2.75) is 5.16 Å². The maximum atomic E-state index is 12.7. The molecule has 0 aliphatic carbocycles. The van der Waals surface area contributed by atoms with E-state index in [0.29, 0.717) is 21.8 Å². The van der Waals surface area contributed by atoms with Crippen molar-refractivity contribution >= 4 is 45.7 Å². The van der Waals surface area contributed by atoms with Crippen molar-refractivity contribution in [3.05, 3.63) is 90.1 Å². The first-order valence-corrected chi connectivity index (χ1v) is 11.2. The van der Waals surface area contributed by atoms with Crippen LogP contribution < -0.4 is 5.32 Å². The predicted octanol–water partition coefficient (Wildman–Crippen LogP) is 6.06. The normalized spacial score (nSPS) is 11.0. The van der Waals surface area contributed by atoms with Gasteiger partial charge >= 0.3 is 0 Å². The summed E-state index contributed by atoms with van der Waals surface area (Å²) in [5, 5.41) is 14.9. The molecule has 6 nitrogen and oxygen atoms in total. The second-order valence-corrected chi connectivity index (χ2v) is 8.34. The summed E-state index contributed by atoms with van der Waals surface area (Å²) < 4.78 is 7.38. The third-order valence-electron chi connectivity index (χ3n) is 4.86.